The third-order valence-corrected chi connectivity index (χ3v) is 5.39. The number of amides is 2. The third kappa shape index (κ3) is 4.39. The maximum absolute atomic E-state index is 13.1. The molecule has 0 spiro atoms. The quantitative estimate of drug-likeness (QED) is 0.704. The molecule has 0 N–H and O–H groups in total. The maximum atomic E-state index is 13.1. The third-order valence-electron chi connectivity index (χ3n) is 4.61. The van der Waals surface area contributed by atoms with Gasteiger partial charge in [0.25, 0.3) is 0 Å². The molecule has 0 atom stereocenters. The van der Waals surface area contributed by atoms with Crippen LogP contribution in [-0.4, -0.2) is 64.4 Å². The molecule has 1 aliphatic heterocycles. The van der Waals surface area contributed by atoms with E-state index < -0.39 is 18.0 Å². The highest BCUT2D eigenvalue weighted by Crippen LogP contribution is 2.46. The van der Waals surface area contributed by atoms with Crippen LogP contribution in [0.3, 0.4) is 0 Å². The molecule has 1 aromatic rings. The number of nitrogens with zero attached hydrogens (tertiary/aromatic N) is 4. The van der Waals surface area contributed by atoms with Crippen LogP contribution in [0.2, 0.25) is 0 Å². The molecule has 1 saturated carbocycles. The number of carbonyl (C=O) groups is 2. The van der Waals surface area contributed by atoms with E-state index in [-0.39, 0.29) is 29.4 Å². The van der Waals surface area contributed by atoms with Crippen LogP contribution in [0, 0.1) is 0 Å². The van der Waals surface area contributed by atoms with Crippen LogP contribution in [0.15, 0.2) is 4.47 Å². The van der Waals surface area contributed by atoms with Crippen molar-refractivity contribution in [2.75, 3.05) is 32.8 Å². The first-order chi connectivity index (χ1) is 12.7. The number of aromatic nitrogens is 2. The first-order valence-electron chi connectivity index (χ1n) is 8.75. The van der Waals surface area contributed by atoms with Crippen molar-refractivity contribution in [1.29, 1.82) is 0 Å². The number of piperazine rings is 1. The van der Waals surface area contributed by atoms with E-state index in [0.717, 1.165) is 12.8 Å². The van der Waals surface area contributed by atoms with Crippen LogP contribution in [-0.2, 0) is 22.3 Å². The molecule has 2 fully saturated rings. The summed E-state index contributed by atoms with van der Waals surface area (Å²) in [6.45, 7) is 3.02. The van der Waals surface area contributed by atoms with Gasteiger partial charge in [0, 0.05) is 32.1 Å². The Labute approximate surface area is 162 Å². The lowest BCUT2D eigenvalue weighted by molar-refractivity contribution is -0.142. The number of rotatable bonds is 4. The fourth-order valence-corrected chi connectivity index (χ4v) is 3.92. The van der Waals surface area contributed by atoms with E-state index in [1.807, 2.05) is 0 Å². The van der Waals surface area contributed by atoms with E-state index >= 15 is 0 Å². The van der Waals surface area contributed by atoms with Gasteiger partial charge in [0.1, 0.15) is 6.54 Å². The Kier molecular flexibility index (Phi) is 5.68. The highest BCUT2D eigenvalue weighted by Gasteiger charge is 2.42. The number of hydrogen-bond donors (Lipinski definition) is 0. The molecule has 0 aromatic carbocycles. The minimum atomic E-state index is -4.58. The van der Waals surface area contributed by atoms with Gasteiger partial charge in [-0.1, -0.05) is 0 Å². The van der Waals surface area contributed by atoms with Gasteiger partial charge >= 0.3 is 12.3 Å². The molecule has 0 radical (unpaired) electrons. The van der Waals surface area contributed by atoms with Crippen molar-refractivity contribution in [1.82, 2.24) is 19.6 Å². The topological polar surface area (TPSA) is 67.7 Å². The van der Waals surface area contributed by atoms with Gasteiger partial charge in [0.15, 0.2) is 5.69 Å². The molecule has 150 valence electrons. The molecule has 2 heterocycles. The number of halogens is 4. The predicted octanol–water partition coefficient (Wildman–Crippen LogP) is 2.84. The summed E-state index contributed by atoms with van der Waals surface area (Å²) in [7, 11) is 0. The summed E-state index contributed by atoms with van der Waals surface area (Å²) in [4.78, 5) is 27.3. The summed E-state index contributed by atoms with van der Waals surface area (Å²) in [5.41, 5.74) is -0.565. The smallest absolute Gasteiger partial charge is 0.436 e. The number of carbonyl (C=O) groups excluding carboxylic acids is 2. The van der Waals surface area contributed by atoms with Crippen LogP contribution < -0.4 is 0 Å². The van der Waals surface area contributed by atoms with Gasteiger partial charge in [-0.3, -0.25) is 9.48 Å². The molecular formula is C16H20BrF3N4O3. The first kappa shape index (κ1) is 20.0. The minimum absolute atomic E-state index is 0.00330. The van der Waals surface area contributed by atoms with E-state index in [2.05, 4.69) is 21.0 Å². The molecule has 1 aliphatic carbocycles. The SMILES string of the molecule is CCOC(=O)N1CCN(C(=O)Cn2nc(C(F)(F)F)c(Br)c2C2CC2)CC1. The Morgan fingerprint density at radius 2 is 1.78 bits per heavy atom. The van der Waals surface area contributed by atoms with E-state index in [0.29, 0.717) is 31.9 Å². The molecule has 3 rings (SSSR count). The zero-order valence-electron chi connectivity index (χ0n) is 14.8. The predicted molar refractivity (Wildman–Crippen MR) is 92.1 cm³/mol. The molecule has 11 heteroatoms. The van der Waals surface area contributed by atoms with Crippen molar-refractivity contribution in [2.24, 2.45) is 0 Å². The van der Waals surface area contributed by atoms with Crippen LogP contribution in [0.5, 0.6) is 0 Å². The number of ether oxygens (including phenoxy) is 1. The van der Waals surface area contributed by atoms with Gasteiger partial charge in [-0.2, -0.15) is 18.3 Å². The van der Waals surface area contributed by atoms with Crippen molar-refractivity contribution in [2.45, 2.75) is 38.4 Å². The van der Waals surface area contributed by atoms with Crippen LogP contribution in [0.1, 0.15) is 37.1 Å². The lowest BCUT2D eigenvalue weighted by Gasteiger charge is -2.34. The molecule has 7 nitrogen and oxygen atoms in total. The molecule has 2 aliphatic rings. The molecule has 0 bridgehead atoms. The van der Waals surface area contributed by atoms with Crippen molar-refractivity contribution < 1.29 is 27.5 Å². The zero-order valence-corrected chi connectivity index (χ0v) is 16.3. The molecule has 27 heavy (non-hydrogen) atoms. The monoisotopic (exact) mass is 452 g/mol. The Balaban J connectivity index is 1.67. The Morgan fingerprint density at radius 3 is 2.30 bits per heavy atom. The summed E-state index contributed by atoms with van der Waals surface area (Å²) in [5.74, 6) is -0.319. The fraction of sp³-hybridized carbons (Fsp3) is 0.688. The summed E-state index contributed by atoms with van der Waals surface area (Å²) in [6, 6.07) is 0. The van der Waals surface area contributed by atoms with E-state index in [4.69, 9.17) is 4.74 Å². The van der Waals surface area contributed by atoms with Crippen molar-refractivity contribution in [3.05, 3.63) is 15.9 Å². The van der Waals surface area contributed by atoms with Crippen LogP contribution >= 0.6 is 15.9 Å². The van der Waals surface area contributed by atoms with Crippen molar-refractivity contribution >= 4 is 27.9 Å². The van der Waals surface area contributed by atoms with Gasteiger partial charge in [0.05, 0.1) is 16.8 Å². The maximum Gasteiger partial charge on any atom is 0.436 e. The standard InChI is InChI=1S/C16H20BrF3N4O3/c1-2-27-15(26)23-7-5-22(6-8-23)11(25)9-24-13(10-3-4-10)12(17)14(21-24)16(18,19)20/h10H,2-9H2,1H3. The minimum Gasteiger partial charge on any atom is -0.450 e. The second-order valence-electron chi connectivity index (χ2n) is 6.54. The van der Waals surface area contributed by atoms with Gasteiger partial charge in [-0.15, -0.1) is 0 Å². The average Bonchev–Trinajstić information content (AvgIpc) is 3.38. The number of hydrogen-bond acceptors (Lipinski definition) is 4. The molecule has 1 saturated heterocycles. The fourth-order valence-electron chi connectivity index (χ4n) is 3.08. The summed E-state index contributed by atoms with van der Waals surface area (Å²) in [6.07, 6.45) is -3.43. The van der Waals surface area contributed by atoms with E-state index in [1.54, 1.807) is 6.92 Å². The average molecular weight is 453 g/mol. The largest absolute Gasteiger partial charge is 0.450 e. The zero-order chi connectivity index (χ0) is 19.8. The summed E-state index contributed by atoms with van der Waals surface area (Å²) in [5, 5.41) is 3.66. The molecule has 0 unspecified atom stereocenters. The molecular weight excluding hydrogens is 433 g/mol. The van der Waals surface area contributed by atoms with Gasteiger partial charge in [0.2, 0.25) is 5.91 Å². The van der Waals surface area contributed by atoms with Gasteiger partial charge in [-0.05, 0) is 35.7 Å². The Morgan fingerprint density at radius 1 is 1.19 bits per heavy atom. The second kappa shape index (κ2) is 7.69. The summed E-state index contributed by atoms with van der Waals surface area (Å²) >= 11 is 3.02. The second-order valence-corrected chi connectivity index (χ2v) is 7.34. The Hall–Kier alpha value is -1.78. The number of alkyl halides is 3. The molecule has 1 aromatic heterocycles. The highest BCUT2D eigenvalue weighted by atomic mass is 79.9. The van der Waals surface area contributed by atoms with Crippen molar-refractivity contribution in [3.8, 4) is 0 Å². The van der Waals surface area contributed by atoms with E-state index in [9.17, 15) is 22.8 Å². The summed E-state index contributed by atoms with van der Waals surface area (Å²) < 4.78 is 45.5. The first-order valence-corrected chi connectivity index (χ1v) is 9.54. The van der Waals surface area contributed by atoms with Gasteiger partial charge in [-0.25, -0.2) is 4.79 Å². The van der Waals surface area contributed by atoms with Crippen LogP contribution in [0.4, 0.5) is 18.0 Å². The lowest BCUT2D eigenvalue weighted by Crippen LogP contribution is -2.51. The normalized spacial score (nSPS) is 18.0. The van der Waals surface area contributed by atoms with Crippen molar-refractivity contribution in [3.63, 3.8) is 0 Å². The Bertz CT molecular complexity index is 725. The molecule has 2 amide bonds. The lowest BCUT2D eigenvalue weighted by atomic mass is 10.2. The highest BCUT2D eigenvalue weighted by molar-refractivity contribution is 9.10. The van der Waals surface area contributed by atoms with Gasteiger partial charge < -0.3 is 14.5 Å². The van der Waals surface area contributed by atoms with E-state index in [1.165, 1.54) is 14.5 Å². The van der Waals surface area contributed by atoms with Crippen LogP contribution in [0.25, 0.3) is 0 Å².